The van der Waals surface area contributed by atoms with Crippen LogP contribution in [0.3, 0.4) is 0 Å². The van der Waals surface area contributed by atoms with Crippen molar-refractivity contribution >= 4 is 11.9 Å². The number of hydrogen-bond donors (Lipinski definition) is 1. The Bertz CT molecular complexity index is 360. The van der Waals surface area contributed by atoms with Crippen LogP contribution in [0.15, 0.2) is 12.2 Å². The lowest BCUT2D eigenvalue weighted by Gasteiger charge is -2.23. The van der Waals surface area contributed by atoms with Gasteiger partial charge in [-0.25, -0.2) is 0 Å². The third kappa shape index (κ3) is 0.689. The van der Waals surface area contributed by atoms with E-state index in [0.717, 1.165) is 0 Å². The van der Waals surface area contributed by atoms with Gasteiger partial charge in [-0.1, -0.05) is 12.2 Å². The van der Waals surface area contributed by atoms with Gasteiger partial charge in [-0.3, -0.25) is 9.59 Å². The Hall–Kier alpha value is -1.20. The summed E-state index contributed by atoms with van der Waals surface area (Å²) in [6, 6.07) is 0. The molecule has 3 rings (SSSR count). The third-order valence-corrected chi connectivity index (χ3v) is 3.14. The minimum Gasteiger partial charge on any atom is -0.393 e. The van der Waals surface area contributed by atoms with Gasteiger partial charge in [0.15, 0.2) is 0 Å². The van der Waals surface area contributed by atoms with Crippen LogP contribution in [-0.2, 0) is 19.1 Å². The van der Waals surface area contributed by atoms with E-state index in [1.54, 1.807) is 12.2 Å². The molecule has 2 bridgehead atoms. The van der Waals surface area contributed by atoms with Crippen LogP contribution in [0.2, 0.25) is 0 Å². The van der Waals surface area contributed by atoms with Gasteiger partial charge in [-0.15, -0.1) is 0 Å². The standard InChI is InChI=1S/C9H8O5/c10-3-9-2-1-4(14-9)5-6(9)8(12)13-7(5)11/h1-2,4-6,10H,3H2/t4-,5-,6+,9-/m0/s1. The Labute approximate surface area is 79.3 Å². The van der Waals surface area contributed by atoms with Crippen LogP contribution < -0.4 is 0 Å². The highest BCUT2D eigenvalue weighted by Crippen LogP contribution is 2.50. The first-order chi connectivity index (χ1) is 6.68. The number of aliphatic hydroxyl groups excluding tert-OH is 1. The average molecular weight is 196 g/mol. The Morgan fingerprint density at radius 1 is 1.43 bits per heavy atom. The Morgan fingerprint density at radius 2 is 2.21 bits per heavy atom. The molecule has 0 aromatic rings. The summed E-state index contributed by atoms with van der Waals surface area (Å²) in [6.07, 6.45) is 2.95. The average Bonchev–Trinajstić information content (AvgIpc) is 2.78. The second kappa shape index (κ2) is 2.24. The summed E-state index contributed by atoms with van der Waals surface area (Å²) >= 11 is 0. The lowest BCUT2D eigenvalue weighted by Crippen LogP contribution is -2.41. The van der Waals surface area contributed by atoms with E-state index in [4.69, 9.17) is 4.74 Å². The van der Waals surface area contributed by atoms with Gasteiger partial charge in [0.25, 0.3) is 0 Å². The van der Waals surface area contributed by atoms with Crippen molar-refractivity contribution in [3.05, 3.63) is 12.2 Å². The van der Waals surface area contributed by atoms with E-state index in [0.29, 0.717) is 0 Å². The zero-order valence-electron chi connectivity index (χ0n) is 7.17. The smallest absolute Gasteiger partial charge is 0.320 e. The van der Waals surface area contributed by atoms with Gasteiger partial charge < -0.3 is 14.6 Å². The summed E-state index contributed by atoms with van der Waals surface area (Å²) in [4.78, 5) is 22.6. The molecule has 14 heavy (non-hydrogen) atoms. The maximum atomic E-state index is 11.4. The molecule has 0 unspecified atom stereocenters. The Balaban J connectivity index is 2.10. The van der Waals surface area contributed by atoms with Gasteiger partial charge >= 0.3 is 11.9 Å². The number of carbonyl (C=O) groups excluding carboxylic acids is 2. The van der Waals surface area contributed by atoms with E-state index in [1.807, 2.05) is 0 Å². The lowest BCUT2D eigenvalue weighted by atomic mass is 9.77. The van der Waals surface area contributed by atoms with Crippen LogP contribution in [0.5, 0.6) is 0 Å². The molecule has 0 aliphatic carbocycles. The zero-order valence-corrected chi connectivity index (χ0v) is 7.17. The van der Waals surface area contributed by atoms with Crippen molar-refractivity contribution in [2.24, 2.45) is 11.8 Å². The van der Waals surface area contributed by atoms with Crippen molar-refractivity contribution in [1.82, 2.24) is 0 Å². The molecule has 3 heterocycles. The lowest BCUT2D eigenvalue weighted by molar-refractivity contribution is -0.159. The molecule has 74 valence electrons. The molecule has 0 aromatic heterocycles. The first-order valence-corrected chi connectivity index (χ1v) is 4.41. The first kappa shape index (κ1) is 8.14. The number of aliphatic hydroxyl groups is 1. The van der Waals surface area contributed by atoms with Gasteiger partial charge in [-0.05, 0) is 0 Å². The molecular weight excluding hydrogens is 188 g/mol. The molecule has 0 amide bonds. The normalized spacial score (nSPS) is 48.5. The number of cyclic esters (lactones) is 2. The second-order valence-electron chi connectivity index (χ2n) is 3.80. The molecule has 0 saturated carbocycles. The molecule has 1 N–H and O–H groups in total. The predicted octanol–water partition coefficient (Wildman–Crippen LogP) is -0.998. The van der Waals surface area contributed by atoms with Crippen molar-refractivity contribution < 1.29 is 24.2 Å². The van der Waals surface area contributed by atoms with Gasteiger partial charge in [-0.2, -0.15) is 0 Å². The van der Waals surface area contributed by atoms with Crippen molar-refractivity contribution in [3.8, 4) is 0 Å². The van der Waals surface area contributed by atoms with Crippen molar-refractivity contribution in [2.45, 2.75) is 11.7 Å². The van der Waals surface area contributed by atoms with Crippen molar-refractivity contribution in [3.63, 3.8) is 0 Å². The highest BCUT2D eigenvalue weighted by molar-refractivity contribution is 5.99. The fourth-order valence-corrected chi connectivity index (χ4v) is 2.49. The molecule has 0 radical (unpaired) electrons. The molecule has 2 fully saturated rings. The van der Waals surface area contributed by atoms with E-state index >= 15 is 0 Å². The van der Waals surface area contributed by atoms with E-state index < -0.39 is 35.5 Å². The van der Waals surface area contributed by atoms with Gasteiger partial charge in [0.05, 0.1) is 12.7 Å². The molecule has 5 nitrogen and oxygen atoms in total. The molecule has 5 heteroatoms. The Morgan fingerprint density at radius 3 is 2.93 bits per heavy atom. The fraction of sp³-hybridized carbons (Fsp3) is 0.556. The molecule has 0 spiro atoms. The topological polar surface area (TPSA) is 72.8 Å². The summed E-state index contributed by atoms with van der Waals surface area (Å²) < 4.78 is 9.96. The molecule has 3 aliphatic heterocycles. The second-order valence-corrected chi connectivity index (χ2v) is 3.80. The minimum absolute atomic E-state index is 0.302. The van der Waals surface area contributed by atoms with Crippen LogP contribution in [0.25, 0.3) is 0 Å². The maximum absolute atomic E-state index is 11.4. The van der Waals surface area contributed by atoms with E-state index in [1.165, 1.54) is 0 Å². The minimum atomic E-state index is -1.02. The highest BCUT2D eigenvalue weighted by Gasteiger charge is 2.66. The molecule has 4 atom stereocenters. The predicted molar refractivity (Wildman–Crippen MR) is 41.9 cm³/mol. The highest BCUT2D eigenvalue weighted by atomic mass is 16.6. The van der Waals surface area contributed by atoms with E-state index in [9.17, 15) is 14.7 Å². The van der Waals surface area contributed by atoms with Crippen LogP contribution >= 0.6 is 0 Å². The van der Waals surface area contributed by atoms with E-state index in [2.05, 4.69) is 4.74 Å². The first-order valence-electron chi connectivity index (χ1n) is 4.41. The summed E-state index contributed by atoms with van der Waals surface area (Å²) in [5.74, 6) is -2.33. The Kier molecular flexibility index (Phi) is 1.30. The van der Waals surface area contributed by atoms with Crippen LogP contribution in [0.1, 0.15) is 0 Å². The number of fused-ring (bicyclic) bond motifs is 5. The quantitative estimate of drug-likeness (QED) is 0.331. The number of rotatable bonds is 1. The molecule has 2 saturated heterocycles. The number of esters is 2. The third-order valence-electron chi connectivity index (χ3n) is 3.14. The van der Waals surface area contributed by atoms with Crippen LogP contribution in [0.4, 0.5) is 0 Å². The molecular formula is C9H8O5. The monoisotopic (exact) mass is 196 g/mol. The van der Waals surface area contributed by atoms with Gasteiger partial charge in [0.1, 0.15) is 17.4 Å². The maximum Gasteiger partial charge on any atom is 0.320 e. The van der Waals surface area contributed by atoms with Gasteiger partial charge in [0.2, 0.25) is 0 Å². The number of hydrogen-bond acceptors (Lipinski definition) is 5. The number of ether oxygens (including phenoxy) is 2. The fourth-order valence-electron chi connectivity index (χ4n) is 2.49. The number of carbonyl (C=O) groups is 2. The van der Waals surface area contributed by atoms with Crippen molar-refractivity contribution in [1.29, 1.82) is 0 Å². The largest absolute Gasteiger partial charge is 0.393 e. The summed E-state index contributed by atoms with van der Waals surface area (Å²) in [6.45, 7) is -0.302. The SMILES string of the molecule is O=C1OC(=O)[C@H]2[C@@H]1[C@@H]1C=C[C@@]2(CO)O1. The molecule has 3 aliphatic rings. The van der Waals surface area contributed by atoms with Gasteiger partial charge in [0, 0.05) is 0 Å². The summed E-state index contributed by atoms with van der Waals surface area (Å²) in [7, 11) is 0. The summed E-state index contributed by atoms with van der Waals surface area (Å²) in [5, 5.41) is 9.20. The molecule has 0 aromatic carbocycles. The van der Waals surface area contributed by atoms with Crippen LogP contribution in [0, 0.1) is 11.8 Å². The zero-order chi connectivity index (χ0) is 9.92. The summed E-state index contributed by atoms with van der Waals surface area (Å²) in [5.41, 5.74) is -1.02. The van der Waals surface area contributed by atoms with Crippen LogP contribution in [-0.4, -0.2) is 35.4 Å². The van der Waals surface area contributed by atoms with E-state index in [-0.39, 0.29) is 6.61 Å². The van der Waals surface area contributed by atoms with Crippen molar-refractivity contribution in [2.75, 3.05) is 6.61 Å².